The molecule has 1 heterocycles. The molecule has 0 bridgehead atoms. The fourth-order valence-electron chi connectivity index (χ4n) is 3.63. The van der Waals surface area contributed by atoms with Gasteiger partial charge in [-0.15, -0.1) is 0 Å². The Morgan fingerprint density at radius 1 is 1.09 bits per heavy atom. The number of aryl methyl sites for hydroxylation is 1. The van der Waals surface area contributed by atoms with Gasteiger partial charge in [-0.05, 0) is 63.9 Å². The quantitative estimate of drug-likeness (QED) is 0.323. The Morgan fingerprint density at radius 3 is 2.31 bits per heavy atom. The van der Waals surface area contributed by atoms with Gasteiger partial charge in [0, 0.05) is 36.6 Å². The van der Waals surface area contributed by atoms with Crippen LogP contribution in [0.1, 0.15) is 62.7 Å². The van der Waals surface area contributed by atoms with Crippen molar-refractivity contribution in [2.75, 3.05) is 34.0 Å². The number of ketones is 1. The van der Waals surface area contributed by atoms with Gasteiger partial charge >= 0.3 is 5.97 Å². The molecule has 174 valence electrons. The van der Waals surface area contributed by atoms with E-state index in [0.717, 1.165) is 0 Å². The maximum Gasteiger partial charge on any atom is 0.354 e. The van der Waals surface area contributed by atoms with Crippen LogP contribution in [0.5, 0.6) is 5.75 Å². The summed E-state index contributed by atoms with van der Waals surface area (Å²) in [5.74, 6) is -0.406. The number of nitrogens with zero attached hydrogens (tertiary/aromatic N) is 1. The highest BCUT2D eigenvalue weighted by Gasteiger charge is 2.31. The molecular weight excluding hydrogens is 412 g/mol. The summed E-state index contributed by atoms with van der Waals surface area (Å²) in [6.07, 6.45) is 0.589. The summed E-state index contributed by atoms with van der Waals surface area (Å²) in [5.41, 5.74) is 2.17. The van der Waals surface area contributed by atoms with Crippen molar-refractivity contribution in [3.63, 3.8) is 0 Å². The minimum atomic E-state index is -0.745. The Morgan fingerprint density at radius 2 is 1.75 bits per heavy atom. The molecule has 1 atom stereocenters. The molecule has 0 aliphatic rings. The third-order valence-electron chi connectivity index (χ3n) is 5.41. The Hall–Kier alpha value is -3.13. The second-order valence-corrected chi connectivity index (χ2v) is 7.43. The van der Waals surface area contributed by atoms with E-state index < -0.39 is 12.0 Å². The summed E-state index contributed by atoms with van der Waals surface area (Å²) < 4.78 is 15.4. The fraction of sp³-hybridized carbons (Fsp3) is 0.458. The van der Waals surface area contributed by atoms with E-state index in [2.05, 4.69) is 4.98 Å². The molecule has 1 amide bonds. The molecule has 0 saturated carbocycles. The van der Waals surface area contributed by atoms with Crippen molar-refractivity contribution in [1.29, 1.82) is 0 Å². The maximum absolute atomic E-state index is 13.5. The largest absolute Gasteiger partial charge is 0.497 e. The third kappa shape index (κ3) is 5.56. The first kappa shape index (κ1) is 25.1. The molecule has 8 heteroatoms. The van der Waals surface area contributed by atoms with Crippen LogP contribution < -0.4 is 4.74 Å². The standard InChI is InChI=1S/C24H32N2O6/c1-7-32-14-8-13-26(23(28)18-9-11-19(30-5)12-10-18)17(4)22(27)20-15(2)21(24(29)31-6)25-16(20)3/h9-12,17,25H,7-8,13-14H2,1-6H3/t17-/m1/s1. The van der Waals surface area contributed by atoms with Crippen LogP contribution in [0.2, 0.25) is 0 Å². The SMILES string of the molecule is CCOCCCN(C(=O)c1ccc(OC)cc1)[C@H](C)C(=O)c1c(C)[nH]c(C(=O)OC)c1C. The van der Waals surface area contributed by atoms with E-state index in [0.29, 0.717) is 54.3 Å². The molecule has 0 unspecified atom stereocenters. The number of benzene rings is 1. The minimum absolute atomic E-state index is 0.241. The summed E-state index contributed by atoms with van der Waals surface area (Å²) in [6, 6.07) is 6.03. The lowest BCUT2D eigenvalue weighted by atomic mass is 9.99. The number of aromatic amines is 1. The average Bonchev–Trinajstić information content (AvgIpc) is 3.11. The second kappa shape index (κ2) is 11.5. The molecule has 8 nitrogen and oxygen atoms in total. The van der Waals surface area contributed by atoms with Gasteiger partial charge in [0.2, 0.25) is 0 Å². The molecule has 1 aromatic heterocycles. The molecule has 0 aliphatic heterocycles. The topological polar surface area (TPSA) is 97.9 Å². The molecule has 0 radical (unpaired) electrons. The lowest BCUT2D eigenvalue weighted by Crippen LogP contribution is -2.44. The van der Waals surface area contributed by atoms with E-state index in [9.17, 15) is 14.4 Å². The first-order valence-corrected chi connectivity index (χ1v) is 10.6. The van der Waals surface area contributed by atoms with Crippen molar-refractivity contribution in [3.05, 3.63) is 52.3 Å². The number of H-pyrrole nitrogens is 1. The number of nitrogens with one attached hydrogen (secondary N) is 1. The van der Waals surface area contributed by atoms with Crippen LogP contribution in [-0.4, -0.2) is 67.6 Å². The highest BCUT2D eigenvalue weighted by Crippen LogP contribution is 2.23. The fourth-order valence-corrected chi connectivity index (χ4v) is 3.63. The van der Waals surface area contributed by atoms with E-state index in [1.54, 1.807) is 57.0 Å². The van der Waals surface area contributed by atoms with Gasteiger partial charge in [-0.1, -0.05) is 0 Å². The van der Waals surface area contributed by atoms with Crippen LogP contribution in [0, 0.1) is 13.8 Å². The molecule has 1 aromatic carbocycles. The molecule has 32 heavy (non-hydrogen) atoms. The van der Waals surface area contributed by atoms with E-state index in [-0.39, 0.29) is 17.4 Å². The van der Waals surface area contributed by atoms with E-state index in [4.69, 9.17) is 14.2 Å². The van der Waals surface area contributed by atoms with Crippen molar-refractivity contribution in [3.8, 4) is 5.75 Å². The Bertz CT molecular complexity index is 948. The van der Waals surface area contributed by atoms with Crippen molar-refractivity contribution in [1.82, 2.24) is 9.88 Å². The predicted molar refractivity (Wildman–Crippen MR) is 121 cm³/mol. The summed E-state index contributed by atoms with van der Waals surface area (Å²) in [5, 5.41) is 0. The van der Waals surface area contributed by atoms with Gasteiger partial charge in [-0.25, -0.2) is 4.79 Å². The van der Waals surface area contributed by atoms with E-state index >= 15 is 0 Å². The molecule has 2 aromatic rings. The Labute approximate surface area is 188 Å². The summed E-state index contributed by atoms with van der Waals surface area (Å²) >= 11 is 0. The van der Waals surface area contributed by atoms with Crippen molar-refractivity contribution >= 4 is 17.7 Å². The number of ether oxygens (including phenoxy) is 3. The number of esters is 1. The smallest absolute Gasteiger partial charge is 0.354 e. The molecule has 0 fully saturated rings. The Balaban J connectivity index is 2.35. The monoisotopic (exact) mass is 444 g/mol. The van der Waals surface area contributed by atoms with Gasteiger partial charge < -0.3 is 24.1 Å². The van der Waals surface area contributed by atoms with Crippen molar-refractivity contribution in [2.45, 2.75) is 40.2 Å². The molecular formula is C24H32N2O6. The van der Waals surface area contributed by atoms with Gasteiger partial charge in [-0.2, -0.15) is 0 Å². The number of carbonyl (C=O) groups excluding carboxylic acids is 3. The normalized spacial score (nSPS) is 11.7. The van der Waals surface area contributed by atoms with Crippen LogP contribution in [0.4, 0.5) is 0 Å². The molecule has 0 aliphatic carbocycles. The maximum atomic E-state index is 13.5. The predicted octanol–water partition coefficient (Wildman–Crippen LogP) is 3.57. The first-order chi connectivity index (χ1) is 15.3. The molecule has 0 saturated heterocycles. The van der Waals surface area contributed by atoms with Gasteiger partial charge in [-0.3, -0.25) is 9.59 Å². The molecule has 1 N–H and O–H groups in total. The van der Waals surface area contributed by atoms with Crippen molar-refractivity contribution < 1.29 is 28.6 Å². The number of hydrogen-bond donors (Lipinski definition) is 1. The average molecular weight is 445 g/mol. The number of Topliss-reactive ketones (excluding diaryl/α,β-unsaturated/α-hetero) is 1. The highest BCUT2D eigenvalue weighted by molar-refractivity contribution is 6.07. The van der Waals surface area contributed by atoms with Gasteiger partial charge in [0.15, 0.2) is 5.78 Å². The number of rotatable bonds is 11. The van der Waals surface area contributed by atoms with Gasteiger partial charge in [0.05, 0.1) is 20.3 Å². The lowest BCUT2D eigenvalue weighted by Gasteiger charge is -2.29. The first-order valence-electron chi connectivity index (χ1n) is 10.6. The van der Waals surface area contributed by atoms with Crippen LogP contribution in [-0.2, 0) is 9.47 Å². The number of hydrogen-bond acceptors (Lipinski definition) is 6. The van der Waals surface area contributed by atoms with Crippen molar-refractivity contribution in [2.24, 2.45) is 0 Å². The van der Waals surface area contributed by atoms with Crippen LogP contribution >= 0.6 is 0 Å². The third-order valence-corrected chi connectivity index (χ3v) is 5.41. The zero-order chi connectivity index (χ0) is 23.8. The summed E-state index contributed by atoms with van der Waals surface area (Å²) in [6.45, 7) is 8.45. The minimum Gasteiger partial charge on any atom is -0.497 e. The number of aromatic nitrogens is 1. The van der Waals surface area contributed by atoms with Crippen LogP contribution in [0.3, 0.4) is 0 Å². The molecule has 2 rings (SSSR count). The van der Waals surface area contributed by atoms with Crippen LogP contribution in [0.15, 0.2) is 24.3 Å². The van der Waals surface area contributed by atoms with Gasteiger partial charge in [0.25, 0.3) is 5.91 Å². The van der Waals surface area contributed by atoms with E-state index in [1.807, 2.05) is 6.92 Å². The second-order valence-electron chi connectivity index (χ2n) is 7.43. The Kier molecular flexibility index (Phi) is 9.02. The lowest BCUT2D eigenvalue weighted by molar-refractivity contribution is 0.0588. The summed E-state index contributed by atoms with van der Waals surface area (Å²) in [4.78, 5) is 43.3. The number of amides is 1. The van der Waals surface area contributed by atoms with E-state index in [1.165, 1.54) is 7.11 Å². The number of carbonyl (C=O) groups is 3. The zero-order valence-corrected chi connectivity index (χ0v) is 19.6. The highest BCUT2D eigenvalue weighted by atomic mass is 16.5. The summed E-state index contributed by atoms with van der Waals surface area (Å²) in [7, 11) is 2.84. The molecule has 0 spiro atoms. The van der Waals surface area contributed by atoms with Gasteiger partial charge in [0.1, 0.15) is 11.4 Å². The number of methoxy groups -OCH3 is 2. The van der Waals surface area contributed by atoms with Crippen LogP contribution in [0.25, 0.3) is 0 Å². The zero-order valence-electron chi connectivity index (χ0n) is 19.6.